The van der Waals surface area contributed by atoms with E-state index in [9.17, 15) is 18.0 Å². The van der Waals surface area contributed by atoms with Gasteiger partial charge in [-0.05, 0) is 43.2 Å². The van der Waals surface area contributed by atoms with E-state index in [1.54, 1.807) is 0 Å². The predicted octanol–water partition coefficient (Wildman–Crippen LogP) is 4.53. The van der Waals surface area contributed by atoms with Crippen molar-refractivity contribution in [2.45, 2.75) is 25.1 Å². The van der Waals surface area contributed by atoms with Gasteiger partial charge in [0.1, 0.15) is 6.10 Å². The van der Waals surface area contributed by atoms with Crippen LogP contribution in [0.2, 0.25) is 0 Å². The quantitative estimate of drug-likeness (QED) is 0.763. The Bertz CT molecular complexity index is 731. The highest BCUT2D eigenvalue weighted by atomic mass is 19.4. The highest BCUT2D eigenvalue weighted by molar-refractivity contribution is 5.89. The molecule has 0 amide bonds. The number of halogens is 3. The van der Waals surface area contributed by atoms with E-state index in [2.05, 4.69) is 4.90 Å². The minimum Gasteiger partial charge on any atom is -0.457 e. The molecule has 0 bridgehead atoms. The Balaban J connectivity index is 1.67. The first-order chi connectivity index (χ1) is 11.9. The summed E-state index contributed by atoms with van der Waals surface area (Å²) in [5, 5.41) is 0. The van der Waals surface area contributed by atoms with Gasteiger partial charge in [-0.15, -0.1) is 0 Å². The molecule has 1 heterocycles. The van der Waals surface area contributed by atoms with Crippen molar-refractivity contribution in [1.82, 2.24) is 0 Å². The minimum absolute atomic E-state index is 0.0772. The van der Waals surface area contributed by atoms with Crippen LogP contribution in [0.25, 0.3) is 0 Å². The summed E-state index contributed by atoms with van der Waals surface area (Å²) in [6.07, 6.45) is -3.26. The summed E-state index contributed by atoms with van der Waals surface area (Å²) in [5.74, 6) is -0.717. The number of rotatable bonds is 3. The van der Waals surface area contributed by atoms with Crippen molar-refractivity contribution < 1.29 is 22.7 Å². The van der Waals surface area contributed by atoms with Gasteiger partial charge in [0.05, 0.1) is 17.7 Å². The number of hydrogen-bond donors (Lipinski definition) is 0. The van der Waals surface area contributed by atoms with Crippen LogP contribution in [-0.4, -0.2) is 25.2 Å². The topological polar surface area (TPSA) is 29.5 Å². The summed E-state index contributed by atoms with van der Waals surface area (Å²) < 4.78 is 43.8. The number of ether oxygens (including phenoxy) is 1. The number of anilines is 1. The number of nitrogens with zero attached hydrogens (tertiary/aromatic N) is 1. The van der Waals surface area contributed by atoms with Gasteiger partial charge in [-0.2, -0.15) is 13.2 Å². The Hall–Kier alpha value is -2.50. The number of carbonyl (C=O) groups excluding carboxylic acids is 1. The Morgan fingerprint density at radius 3 is 2.56 bits per heavy atom. The molecular weight excluding hydrogens is 331 g/mol. The van der Waals surface area contributed by atoms with Gasteiger partial charge >= 0.3 is 12.1 Å². The number of benzene rings is 2. The number of hydrogen-bond acceptors (Lipinski definition) is 3. The molecule has 2 aromatic rings. The molecule has 0 aliphatic carbocycles. The Morgan fingerprint density at radius 1 is 1.08 bits per heavy atom. The highest BCUT2D eigenvalue weighted by Gasteiger charge is 2.31. The fraction of sp³-hybridized carbons (Fsp3) is 0.316. The van der Waals surface area contributed by atoms with Crippen LogP contribution < -0.4 is 4.90 Å². The van der Waals surface area contributed by atoms with E-state index in [0.717, 1.165) is 30.8 Å². The largest absolute Gasteiger partial charge is 0.457 e. The minimum atomic E-state index is -4.48. The number of carbonyl (C=O) groups is 1. The zero-order chi connectivity index (χ0) is 17.9. The first-order valence-electron chi connectivity index (χ1n) is 8.12. The van der Waals surface area contributed by atoms with E-state index >= 15 is 0 Å². The first kappa shape index (κ1) is 17.3. The van der Waals surface area contributed by atoms with Crippen LogP contribution in [0.1, 0.15) is 28.8 Å². The van der Waals surface area contributed by atoms with E-state index in [4.69, 9.17) is 4.74 Å². The Kier molecular flexibility index (Phi) is 4.97. The molecule has 25 heavy (non-hydrogen) atoms. The maximum atomic E-state index is 12.8. The molecule has 1 fully saturated rings. The van der Waals surface area contributed by atoms with Crippen LogP contribution >= 0.6 is 0 Å². The van der Waals surface area contributed by atoms with Crippen molar-refractivity contribution >= 4 is 11.7 Å². The van der Waals surface area contributed by atoms with Crippen LogP contribution in [0.15, 0.2) is 54.6 Å². The maximum Gasteiger partial charge on any atom is 0.416 e. The molecule has 3 rings (SSSR count). The third-order valence-corrected chi connectivity index (χ3v) is 4.20. The van der Waals surface area contributed by atoms with Gasteiger partial charge in [-0.1, -0.05) is 24.3 Å². The van der Waals surface area contributed by atoms with Gasteiger partial charge in [-0.25, -0.2) is 4.79 Å². The fourth-order valence-corrected chi connectivity index (χ4v) is 2.95. The van der Waals surface area contributed by atoms with E-state index in [1.807, 2.05) is 30.3 Å². The number of piperidine rings is 1. The van der Waals surface area contributed by atoms with Crippen molar-refractivity contribution in [3.8, 4) is 0 Å². The third-order valence-electron chi connectivity index (χ3n) is 4.20. The average Bonchev–Trinajstić information content (AvgIpc) is 2.62. The maximum absolute atomic E-state index is 12.8. The van der Waals surface area contributed by atoms with Crippen molar-refractivity contribution in [1.29, 1.82) is 0 Å². The molecule has 1 aliphatic heterocycles. The highest BCUT2D eigenvalue weighted by Crippen LogP contribution is 2.30. The lowest BCUT2D eigenvalue weighted by molar-refractivity contribution is -0.137. The van der Waals surface area contributed by atoms with Crippen molar-refractivity contribution in [3.63, 3.8) is 0 Å². The summed E-state index contributed by atoms with van der Waals surface area (Å²) >= 11 is 0. The molecule has 1 saturated heterocycles. The van der Waals surface area contributed by atoms with E-state index < -0.39 is 17.7 Å². The molecule has 0 saturated carbocycles. The molecule has 6 heteroatoms. The van der Waals surface area contributed by atoms with Crippen molar-refractivity contribution in [3.05, 3.63) is 65.7 Å². The molecule has 0 radical (unpaired) electrons. The zero-order valence-corrected chi connectivity index (χ0v) is 13.5. The second kappa shape index (κ2) is 7.17. The first-order valence-corrected chi connectivity index (χ1v) is 8.12. The molecule has 2 aromatic carbocycles. The predicted molar refractivity (Wildman–Crippen MR) is 88.5 cm³/mol. The molecule has 1 atom stereocenters. The van der Waals surface area contributed by atoms with E-state index in [1.165, 1.54) is 12.1 Å². The van der Waals surface area contributed by atoms with Gasteiger partial charge in [0.2, 0.25) is 0 Å². The lowest BCUT2D eigenvalue weighted by atomic mass is 10.1. The number of esters is 1. The van der Waals surface area contributed by atoms with Crippen LogP contribution in [0, 0.1) is 0 Å². The summed E-state index contributed by atoms with van der Waals surface area (Å²) in [7, 11) is 0. The smallest absolute Gasteiger partial charge is 0.416 e. The van der Waals surface area contributed by atoms with Gasteiger partial charge in [0, 0.05) is 12.2 Å². The summed E-state index contributed by atoms with van der Waals surface area (Å²) in [4.78, 5) is 14.3. The van der Waals surface area contributed by atoms with Gasteiger partial charge in [0.15, 0.2) is 0 Å². The number of alkyl halides is 3. The summed E-state index contributed by atoms with van der Waals surface area (Å²) in [6.45, 7) is 1.40. The van der Waals surface area contributed by atoms with Crippen LogP contribution in [0.3, 0.4) is 0 Å². The monoisotopic (exact) mass is 349 g/mol. The molecule has 0 spiro atoms. The lowest BCUT2D eigenvalue weighted by Crippen LogP contribution is -2.40. The lowest BCUT2D eigenvalue weighted by Gasteiger charge is -2.34. The van der Waals surface area contributed by atoms with Gasteiger partial charge in [-0.3, -0.25) is 0 Å². The summed E-state index contributed by atoms with van der Waals surface area (Å²) in [5.41, 5.74) is 0.116. The Morgan fingerprint density at radius 2 is 1.84 bits per heavy atom. The normalized spacial score (nSPS) is 18.0. The van der Waals surface area contributed by atoms with Crippen molar-refractivity contribution in [2.75, 3.05) is 18.0 Å². The van der Waals surface area contributed by atoms with Crippen LogP contribution in [0.4, 0.5) is 18.9 Å². The molecular formula is C19H18F3NO2. The molecule has 3 nitrogen and oxygen atoms in total. The Labute approximate surface area is 144 Å². The molecule has 0 aromatic heterocycles. The SMILES string of the molecule is O=C(OC1CCCN(c2ccccc2)C1)c1cccc(C(F)(F)F)c1. The van der Waals surface area contributed by atoms with E-state index in [0.29, 0.717) is 13.0 Å². The number of para-hydroxylation sites is 1. The summed E-state index contributed by atoms with van der Waals surface area (Å²) in [6, 6.07) is 14.1. The van der Waals surface area contributed by atoms with Crippen LogP contribution in [-0.2, 0) is 10.9 Å². The molecule has 1 unspecified atom stereocenters. The van der Waals surface area contributed by atoms with Crippen LogP contribution in [0.5, 0.6) is 0 Å². The van der Waals surface area contributed by atoms with Gasteiger partial charge < -0.3 is 9.64 Å². The fourth-order valence-electron chi connectivity index (χ4n) is 2.95. The second-order valence-corrected chi connectivity index (χ2v) is 6.03. The average molecular weight is 349 g/mol. The molecule has 132 valence electrons. The zero-order valence-electron chi connectivity index (χ0n) is 13.5. The third kappa shape index (κ3) is 4.32. The standard InChI is InChI=1S/C19H18F3NO2/c20-19(21,22)15-7-4-6-14(12-15)18(24)25-17-10-5-11-23(13-17)16-8-2-1-3-9-16/h1-4,6-9,12,17H,5,10-11,13H2. The van der Waals surface area contributed by atoms with E-state index in [-0.39, 0.29) is 11.7 Å². The second-order valence-electron chi connectivity index (χ2n) is 6.03. The molecule has 1 aliphatic rings. The van der Waals surface area contributed by atoms with Gasteiger partial charge in [0.25, 0.3) is 0 Å². The van der Waals surface area contributed by atoms with Crippen molar-refractivity contribution in [2.24, 2.45) is 0 Å². The molecule has 0 N–H and O–H groups in total.